The zero-order valence-electron chi connectivity index (χ0n) is 11.1. The van der Waals surface area contributed by atoms with Crippen LogP contribution in [0.1, 0.15) is 23.6 Å². The Hall–Kier alpha value is -2.33. The van der Waals surface area contributed by atoms with Crippen LogP contribution >= 0.6 is 11.6 Å². The highest BCUT2D eigenvalue weighted by atomic mass is 35.5. The summed E-state index contributed by atoms with van der Waals surface area (Å²) in [5.41, 5.74) is 2.31. The van der Waals surface area contributed by atoms with Gasteiger partial charge in [-0.3, -0.25) is 4.79 Å². The van der Waals surface area contributed by atoms with Gasteiger partial charge in [-0.05, 0) is 29.8 Å². The fourth-order valence-corrected chi connectivity index (χ4v) is 2.59. The Kier molecular flexibility index (Phi) is 3.62. The first-order chi connectivity index (χ1) is 10.2. The number of amides is 1. The second kappa shape index (κ2) is 5.58. The number of rotatable bonds is 3. The first-order valence-electron chi connectivity index (χ1n) is 6.54. The van der Waals surface area contributed by atoms with E-state index in [1.807, 2.05) is 18.2 Å². The van der Waals surface area contributed by atoms with Crippen molar-refractivity contribution in [3.05, 3.63) is 64.7 Å². The summed E-state index contributed by atoms with van der Waals surface area (Å²) >= 11 is 5.89. The molecule has 0 spiro atoms. The number of hydrogen-bond donors (Lipinski definition) is 1. The lowest BCUT2D eigenvalue weighted by atomic mass is 9.98. The van der Waals surface area contributed by atoms with E-state index in [0.717, 1.165) is 5.56 Å². The van der Waals surface area contributed by atoms with Crippen molar-refractivity contribution >= 4 is 23.7 Å². The van der Waals surface area contributed by atoms with Crippen molar-refractivity contribution in [2.45, 2.75) is 12.5 Å². The number of halogens is 1. The summed E-state index contributed by atoms with van der Waals surface area (Å²) in [5, 5.41) is 16.3. The Morgan fingerprint density at radius 1 is 1.19 bits per heavy atom. The van der Waals surface area contributed by atoms with Crippen LogP contribution in [0.4, 0.5) is 0 Å². The number of phenolic OH excluding ortho intramolecular Hbond substituents is 1. The minimum Gasteiger partial charge on any atom is -0.507 e. The topological polar surface area (TPSA) is 52.9 Å². The molecule has 0 bridgehead atoms. The first kappa shape index (κ1) is 13.6. The lowest BCUT2D eigenvalue weighted by Crippen LogP contribution is -2.17. The van der Waals surface area contributed by atoms with Gasteiger partial charge in [-0.15, -0.1) is 0 Å². The molecule has 2 aromatic carbocycles. The third-order valence-electron chi connectivity index (χ3n) is 3.52. The van der Waals surface area contributed by atoms with E-state index in [4.69, 9.17) is 11.6 Å². The Morgan fingerprint density at radius 3 is 2.57 bits per heavy atom. The van der Waals surface area contributed by atoms with Crippen LogP contribution < -0.4 is 0 Å². The van der Waals surface area contributed by atoms with Crippen LogP contribution in [0.3, 0.4) is 0 Å². The second-order valence-corrected chi connectivity index (χ2v) is 5.26. The van der Waals surface area contributed by atoms with E-state index in [9.17, 15) is 9.90 Å². The highest BCUT2D eigenvalue weighted by molar-refractivity contribution is 6.30. The number of nitrogens with zero attached hydrogens (tertiary/aromatic N) is 2. The molecule has 1 aliphatic heterocycles. The molecule has 0 fully saturated rings. The van der Waals surface area contributed by atoms with Crippen molar-refractivity contribution < 1.29 is 9.90 Å². The molecule has 1 heterocycles. The minimum absolute atomic E-state index is 0.166. The van der Waals surface area contributed by atoms with Gasteiger partial charge >= 0.3 is 0 Å². The lowest BCUT2D eigenvalue weighted by Gasteiger charge is -2.17. The van der Waals surface area contributed by atoms with Gasteiger partial charge in [0.1, 0.15) is 5.75 Å². The third kappa shape index (κ3) is 2.62. The fourth-order valence-electron chi connectivity index (χ4n) is 2.46. The van der Waals surface area contributed by atoms with Crippen molar-refractivity contribution in [1.82, 2.24) is 5.01 Å². The van der Waals surface area contributed by atoms with E-state index < -0.39 is 0 Å². The summed E-state index contributed by atoms with van der Waals surface area (Å²) in [7, 11) is 0. The zero-order valence-corrected chi connectivity index (χ0v) is 11.9. The van der Waals surface area contributed by atoms with Gasteiger partial charge in [0.25, 0.3) is 0 Å². The molecule has 1 amide bonds. The molecule has 0 radical (unpaired) electrons. The maximum Gasteiger partial charge on any atom is 0.230 e. The highest BCUT2D eigenvalue weighted by Crippen LogP contribution is 2.33. The molecule has 0 saturated heterocycles. The van der Waals surface area contributed by atoms with Crippen molar-refractivity contribution in [2.75, 3.05) is 0 Å². The monoisotopic (exact) mass is 300 g/mol. The Labute approximate surface area is 127 Å². The van der Waals surface area contributed by atoms with E-state index in [1.54, 1.807) is 30.3 Å². The van der Waals surface area contributed by atoms with Crippen LogP contribution in [-0.2, 0) is 4.79 Å². The normalized spacial score (nSPS) is 17.7. The molecular formula is C16H13ClN2O2. The first-order valence-corrected chi connectivity index (χ1v) is 6.92. The number of benzene rings is 2. The predicted octanol–water partition coefficient (Wildman–Crippen LogP) is 3.35. The molecular weight excluding hydrogens is 288 g/mol. The van der Waals surface area contributed by atoms with Crippen molar-refractivity contribution in [2.24, 2.45) is 5.10 Å². The maximum absolute atomic E-state index is 11.2. The summed E-state index contributed by atoms with van der Waals surface area (Å²) in [4.78, 5) is 11.2. The van der Waals surface area contributed by atoms with Crippen molar-refractivity contribution in [1.29, 1.82) is 0 Å². The standard InChI is InChI=1S/C16H13ClN2O2/c17-12-7-5-11(6-8-12)15-9-14(18-19(15)10-20)13-3-1-2-4-16(13)21/h1-8,10,15,21H,9H2. The smallest absolute Gasteiger partial charge is 0.230 e. The van der Waals surface area contributed by atoms with E-state index in [0.29, 0.717) is 29.1 Å². The van der Waals surface area contributed by atoms with E-state index in [-0.39, 0.29) is 11.8 Å². The average molecular weight is 301 g/mol. The molecule has 0 aliphatic carbocycles. The number of para-hydroxylation sites is 1. The van der Waals surface area contributed by atoms with E-state index in [1.165, 1.54) is 5.01 Å². The minimum atomic E-state index is -0.172. The number of hydrogen-bond acceptors (Lipinski definition) is 3. The Balaban J connectivity index is 1.92. The largest absolute Gasteiger partial charge is 0.507 e. The summed E-state index contributed by atoms with van der Waals surface area (Å²) in [5.74, 6) is 0.166. The quantitative estimate of drug-likeness (QED) is 0.884. The van der Waals surface area contributed by atoms with Crippen molar-refractivity contribution in [3.8, 4) is 5.75 Å². The summed E-state index contributed by atoms with van der Waals surface area (Å²) < 4.78 is 0. The summed E-state index contributed by atoms with van der Waals surface area (Å²) in [6, 6.07) is 14.2. The van der Waals surface area contributed by atoms with Crippen LogP contribution in [0.5, 0.6) is 5.75 Å². The Morgan fingerprint density at radius 2 is 1.90 bits per heavy atom. The van der Waals surface area contributed by atoms with Gasteiger partial charge in [-0.1, -0.05) is 35.9 Å². The Bertz CT molecular complexity index is 698. The average Bonchev–Trinajstić information content (AvgIpc) is 2.92. The highest BCUT2D eigenvalue weighted by Gasteiger charge is 2.29. The number of phenols is 1. The number of aromatic hydroxyl groups is 1. The van der Waals surface area contributed by atoms with E-state index >= 15 is 0 Å². The van der Waals surface area contributed by atoms with Gasteiger partial charge in [0.05, 0.1) is 11.8 Å². The van der Waals surface area contributed by atoms with Crippen LogP contribution in [0.25, 0.3) is 0 Å². The SMILES string of the molecule is O=CN1N=C(c2ccccc2O)CC1c1ccc(Cl)cc1. The van der Waals surface area contributed by atoms with Gasteiger partial charge in [0.15, 0.2) is 0 Å². The van der Waals surface area contributed by atoms with Crippen LogP contribution in [0.15, 0.2) is 53.6 Å². The van der Waals surface area contributed by atoms with Crippen molar-refractivity contribution in [3.63, 3.8) is 0 Å². The molecule has 3 rings (SSSR count). The van der Waals surface area contributed by atoms with Crippen LogP contribution in [0, 0.1) is 0 Å². The molecule has 0 saturated carbocycles. The van der Waals surface area contributed by atoms with Crippen LogP contribution in [0.2, 0.25) is 5.02 Å². The van der Waals surface area contributed by atoms with Crippen LogP contribution in [-0.4, -0.2) is 22.2 Å². The maximum atomic E-state index is 11.2. The zero-order chi connectivity index (χ0) is 14.8. The molecule has 4 nitrogen and oxygen atoms in total. The molecule has 1 aliphatic rings. The number of carbonyl (C=O) groups is 1. The predicted molar refractivity (Wildman–Crippen MR) is 81.4 cm³/mol. The second-order valence-electron chi connectivity index (χ2n) is 4.82. The summed E-state index contributed by atoms with van der Waals surface area (Å²) in [6.07, 6.45) is 1.25. The third-order valence-corrected chi connectivity index (χ3v) is 3.77. The number of carbonyl (C=O) groups excluding carboxylic acids is 1. The molecule has 1 N–H and O–H groups in total. The van der Waals surface area contributed by atoms with Gasteiger partial charge in [0, 0.05) is 17.0 Å². The molecule has 5 heteroatoms. The van der Waals surface area contributed by atoms with Gasteiger partial charge in [0.2, 0.25) is 6.41 Å². The van der Waals surface area contributed by atoms with E-state index in [2.05, 4.69) is 5.10 Å². The lowest BCUT2D eigenvalue weighted by molar-refractivity contribution is -0.119. The summed E-state index contributed by atoms with van der Waals surface area (Å²) in [6.45, 7) is 0. The molecule has 1 atom stereocenters. The number of hydrazone groups is 1. The molecule has 0 aromatic heterocycles. The van der Waals surface area contributed by atoms with Gasteiger partial charge < -0.3 is 5.11 Å². The molecule has 1 unspecified atom stereocenters. The van der Waals surface area contributed by atoms with Gasteiger partial charge in [-0.25, -0.2) is 5.01 Å². The molecule has 21 heavy (non-hydrogen) atoms. The van der Waals surface area contributed by atoms with Gasteiger partial charge in [-0.2, -0.15) is 5.10 Å². The molecule has 2 aromatic rings. The fraction of sp³-hybridized carbons (Fsp3) is 0.125. The molecule has 106 valence electrons.